The van der Waals surface area contributed by atoms with Gasteiger partial charge in [-0.15, -0.1) is 0 Å². The molecule has 0 bridgehead atoms. The molecule has 0 fully saturated rings. The predicted molar refractivity (Wildman–Crippen MR) is 80.9 cm³/mol. The normalized spacial score (nSPS) is 13.1. The Morgan fingerprint density at radius 2 is 1.89 bits per heavy atom. The highest BCUT2D eigenvalue weighted by Gasteiger charge is 2.19. The number of benzene rings is 1. The minimum absolute atomic E-state index is 0.0245. The number of halogens is 1. The van der Waals surface area contributed by atoms with Crippen molar-refractivity contribution >= 4 is 21.8 Å². The molecular formula is C15H22BrNO2. The maximum atomic E-state index is 11.9. The number of rotatable bonds is 5. The van der Waals surface area contributed by atoms with Gasteiger partial charge in [0.05, 0.1) is 19.1 Å². The Labute approximate surface area is 123 Å². The van der Waals surface area contributed by atoms with Crippen LogP contribution >= 0.6 is 15.9 Å². The van der Waals surface area contributed by atoms with E-state index in [0.29, 0.717) is 6.42 Å². The first-order valence-corrected chi connectivity index (χ1v) is 7.24. The van der Waals surface area contributed by atoms with Gasteiger partial charge < -0.3 is 10.4 Å². The summed E-state index contributed by atoms with van der Waals surface area (Å²) in [6, 6.07) is 7.49. The van der Waals surface area contributed by atoms with Crippen LogP contribution in [0.15, 0.2) is 28.7 Å². The van der Waals surface area contributed by atoms with Crippen LogP contribution in [0.4, 0.5) is 0 Å². The van der Waals surface area contributed by atoms with E-state index in [1.54, 1.807) is 0 Å². The first-order chi connectivity index (χ1) is 8.80. The fourth-order valence-corrected chi connectivity index (χ4v) is 2.23. The van der Waals surface area contributed by atoms with Gasteiger partial charge in [-0.3, -0.25) is 4.79 Å². The SMILES string of the molecule is CC(C)(C)CC(CO)NC(=O)Cc1ccc(Br)cc1. The summed E-state index contributed by atoms with van der Waals surface area (Å²) in [4.78, 5) is 11.9. The van der Waals surface area contributed by atoms with Gasteiger partial charge in [-0.05, 0) is 29.5 Å². The molecule has 0 aliphatic heterocycles. The number of amides is 1. The molecular weight excluding hydrogens is 306 g/mol. The molecule has 1 aromatic carbocycles. The number of hydrogen-bond donors (Lipinski definition) is 2. The molecule has 0 aromatic heterocycles. The van der Waals surface area contributed by atoms with Crippen molar-refractivity contribution < 1.29 is 9.90 Å². The van der Waals surface area contributed by atoms with Crippen molar-refractivity contribution in [3.8, 4) is 0 Å². The summed E-state index contributed by atoms with van der Waals surface area (Å²) in [6.45, 7) is 6.26. The summed E-state index contributed by atoms with van der Waals surface area (Å²) in [7, 11) is 0. The van der Waals surface area contributed by atoms with Crippen molar-refractivity contribution in [3.63, 3.8) is 0 Å². The lowest BCUT2D eigenvalue weighted by molar-refractivity contribution is -0.121. The Bertz CT molecular complexity index is 409. The average molecular weight is 328 g/mol. The Morgan fingerprint density at radius 1 is 1.32 bits per heavy atom. The Balaban J connectivity index is 2.51. The Morgan fingerprint density at radius 3 is 2.37 bits per heavy atom. The molecule has 4 heteroatoms. The van der Waals surface area contributed by atoms with Crippen molar-refractivity contribution in [2.75, 3.05) is 6.61 Å². The third-order valence-electron chi connectivity index (χ3n) is 2.72. The predicted octanol–water partition coefficient (Wildman–Crippen LogP) is 2.90. The van der Waals surface area contributed by atoms with Gasteiger partial charge in [0.25, 0.3) is 0 Å². The summed E-state index contributed by atoms with van der Waals surface area (Å²) < 4.78 is 0.998. The van der Waals surface area contributed by atoms with Crippen LogP contribution < -0.4 is 5.32 Å². The van der Waals surface area contributed by atoms with Crippen LogP contribution in [-0.4, -0.2) is 23.7 Å². The average Bonchev–Trinajstić information content (AvgIpc) is 2.29. The highest BCUT2D eigenvalue weighted by Crippen LogP contribution is 2.20. The molecule has 0 aliphatic carbocycles. The van der Waals surface area contributed by atoms with Crippen LogP contribution in [0.1, 0.15) is 32.8 Å². The van der Waals surface area contributed by atoms with Crippen molar-refractivity contribution in [1.29, 1.82) is 0 Å². The molecule has 1 amide bonds. The quantitative estimate of drug-likeness (QED) is 0.873. The van der Waals surface area contributed by atoms with E-state index in [1.807, 2.05) is 24.3 Å². The maximum absolute atomic E-state index is 11.9. The number of aliphatic hydroxyl groups excluding tert-OH is 1. The minimum Gasteiger partial charge on any atom is -0.394 e. The van der Waals surface area contributed by atoms with E-state index in [-0.39, 0.29) is 24.0 Å². The molecule has 19 heavy (non-hydrogen) atoms. The summed E-state index contributed by atoms with van der Waals surface area (Å²) in [6.07, 6.45) is 1.10. The number of carbonyl (C=O) groups is 1. The van der Waals surface area contributed by atoms with Crippen LogP contribution in [0.2, 0.25) is 0 Å². The molecule has 1 aromatic rings. The van der Waals surface area contributed by atoms with Gasteiger partial charge >= 0.3 is 0 Å². The zero-order chi connectivity index (χ0) is 14.5. The van der Waals surface area contributed by atoms with Gasteiger partial charge in [0.1, 0.15) is 0 Å². The Hall–Kier alpha value is -0.870. The van der Waals surface area contributed by atoms with Crippen molar-refractivity contribution in [1.82, 2.24) is 5.32 Å². The molecule has 0 radical (unpaired) electrons. The van der Waals surface area contributed by atoms with Gasteiger partial charge in [0.15, 0.2) is 0 Å². The van der Waals surface area contributed by atoms with E-state index in [9.17, 15) is 9.90 Å². The topological polar surface area (TPSA) is 49.3 Å². The largest absolute Gasteiger partial charge is 0.394 e. The molecule has 0 aliphatic rings. The summed E-state index contributed by atoms with van der Waals surface area (Å²) in [5, 5.41) is 12.2. The minimum atomic E-state index is -0.178. The standard InChI is InChI=1S/C15H22BrNO2/c1-15(2,3)9-13(10-18)17-14(19)8-11-4-6-12(16)7-5-11/h4-7,13,18H,8-10H2,1-3H3,(H,17,19). The van der Waals surface area contributed by atoms with E-state index < -0.39 is 0 Å². The zero-order valence-electron chi connectivity index (χ0n) is 11.7. The van der Waals surface area contributed by atoms with Gasteiger partial charge in [-0.25, -0.2) is 0 Å². The van der Waals surface area contributed by atoms with E-state index in [0.717, 1.165) is 16.5 Å². The summed E-state index contributed by atoms with van der Waals surface area (Å²) in [5.41, 5.74) is 1.05. The number of carbonyl (C=O) groups excluding carboxylic acids is 1. The second-order valence-corrected chi connectivity index (χ2v) is 6.93. The number of aliphatic hydroxyl groups is 1. The first kappa shape index (κ1) is 16.2. The molecule has 0 saturated carbocycles. The number of hydrogen-bond acceptors (Lipinski definition) is 2. The fourth-order valence-electron chi connectivity index (χ4n) is 1.97. The lowest BCUT2D eigenvalue weighted by Gasteiger charge is -2.25. The van der Waals surface area contributed by atoms with Crippen molar-refractivity contribution in [3.05, 3.63) is 34.3 Å². The third-order valence-corrected chi connectivity index (χ3v) is 3.25. The molecule has 1 rings (SSSR count). The van der Waals surface area contributed by atoms with Gasteiger partial charge in [-0.2, -0.15) is 0 Å². The molecule has 1 unspecified atom stereocenters. The molecule has 2 N–H and O–H groups in total. The summed E-state index contributed by atoms with van der Waals surface area (Å²) in [5.74, 6) is -0.0503. The van der Waals surface area contributed by atoms with Crippen LogP contribution in [0, 0.1) is 5.41 Å². The van der Waals surface area contributed by atoms with Gasteiger partial charge in [0, 0.05) is 4.47 Å². The van der Waals surface area contributed by atoms with Crippen LogP contribution in [0.5, 0.6) is 0 Å². The lowest BCUT2D eigenvalue weighted by atomic mass is 9.88. The smallest absolute Gasteiger partial charge is 0.224 e. The van der Waals surface area contributed by atoms with E-state index in [2.05, 4.69) is 42.0 Å². The zero-order valence-corrected chi connectivity index (χ0v) is 13.3. The highest BCUT2D eigenvalue weighted by atomic mass is 79.9. The van der Waals surface area contributed by atoms with Crippen LogP contribution in [0.25, 0.3) is 0 Å². The Kier molecular flexibility index (Phi) is 6.01. The van der Waals surface area contributed by atoms with Crippen molar-refractivity contribution in [2.24, 2.45) is 5.41 Å². The third kappa shape index (κ3) is 6.73. The fraction of sp³-hybridized carbons (Fsp3) is 0.533. The van der Waals surface area contributed by atoms with E-state index in [4.69, 9.17) is 0 Å². The van der Waals surface area contributed by atoms with Gasteiger partial charge in [0.2, 0.25) is 5.91 Å². The lowest BCUT2D eigenvalue weighted by Crippen LogP contribution is -2.40. The molecule has 1 atom stereocenters. The monoisotopic (exact) mass is 327 g/mol. The molecule has 106 valence electrons. The van der Waals surface area contributed by atoms with Crippen molar-refractivity contribution in [2.45, 2.75) is 39.7 Å². The number of nitrogens with one attached hydrogen (secondary N) is 1. The highest BCUT2D eigenvalue weighted by molar-refractivity contribution is 9.10. The molecule has 0 spiro atoms. The van der Waals surface area contributed by atoms with Gasteiger partial charge in [-0.1, -0.05) is 48.8 Å². The summed E-state index contributed by atoms with van der Waals surface area (Å²) >= 11 is 3.36. The molecule has 3 nitrogen and oxygen atoms in total. The molecule has 0 heterocycles. The van der Waals surface area contributed by atoms with Crippen LogP contribution in [-0.2, 0) is 11.2 Å². The second-order valence-electron chi connectivity index (χ2n) is 6.02. The molecule has 0 saturated heterocycles. The van der Waals surface area contributed by atoms with E-state index >= 15 is 0 Å². The van der Waals surface area contributed by atoms with E-state index in [1.165, 1.54) is 0 Å². The van der Waals surface area contributed by atoms with Crippen LogP contribution in [0.3, 0.4) is 0 Å². The maximum Gasteiger partial charge on any atom is 0.224 e. The first-order valence-electron chi connectivity index (χ1n) is 6.45. The second kappa shape index (κ2) is 7.06.